The Balaban J connectivity index is 4.00. The Bertz CT molecular complexity index is 261. The first-order chi connectivity index (χ1) is 6.73. The highest BCUT2D eigenvalue weighted by atomic mass is 32.2. The van der Waals surface area contributed by atoms with Gasteiger partial charge in [-0.3, -0.25) is 9.59 Å². The lowest BCUT2D eigenvalue weighted by molar-refractivity contribution is -0.123. The van der Waals surface area contributed by atoms with E-state index in [9.17, 15) is 9.59 Å². The molecular formula is C12H21O2S+. The Labute approximate surface area is 95.5 Å². The van der Waals surface area contributed by atoms with E-state index in [1.807, 2.05) is 26.8 Å². The Hall–Kier alpha value is -0.570. The van der Waals surface area contributed by atoms with Crippen molar-refractivity contribution in [3.63, 3.8) is 0 Å². The van der Waals surface area contributed by atoms with Crippen LogP contribution >= 0.6 is 0 Å². The van der Waals surface area contributed by atoms with Gasteiger partial charge in [-0.2, -0.15) is 0 Å². The van der Waals surface area contributed by atoms with Crippen LogP contribution in [0.1, 0.15) is 27.7 Å². The first-order valence-electron chi connectivity index (χ1n) is 5.03. The van der Waals surface area contributed by atoms with Crippen molar-refractivity contribution in [2.24, 2.45) is 5.41 Å². The molecule has 3 heteroatoms. The van der Waals surface area contributed by atoms with Crippen LogP contribution < -0.4 is 0 Å². The van der Waals surface area contributed by atoms with Gasteiger partial charge in [0, 0.05) is 5.41 Å². The zero-order chi connectivity index (χ0) is 12.1. The lowest BCUT2D eigenvalue weighted by Gasteiger charge is -2.14. The lowest BCUT2D eigenvalue weighted by Crippen LogP contribution is -2.28. The number of ketones is 2. The summed E-state index contributed by atoms with van der Waals surface area (Å²) >= 11 is 0. The van der Waals surface area contributed by atoms with Crippen LogP contribution in [-0.2, 0) is 20.5 Å². The van der Waals surface area contributed by atoms with Crippen LogP contribution in [0.2, 0.25) is 0 Å². The summed E-state index contributed by atoms with van der Waals surface area (Å²) in [6, 6.07) is 0. The van der Waals surface area contributed by atoms with Gasteiger partial charge in [0.2, 0.25) is 0 Å². The van der Waals surface area contributed by atoms with Crippen molar-refractivity contribution in [3.05, 3.63) is 12.2 Å². The molecule has 86 valence electrons. The number of hydrogen-bond donors (Lipinski definition) is 0. The number of carbonyl (C=O) groups is 2. The molecule has 0 aliphatic rings. The molecule has 15 heavy (non-hydrogen) atoms. The summed E-state index contributed by atoms with van der Waals surface area (Å²) in [6.07, 6.45) is 5.50. The average molecular weight is 229 g/mol. The maximum Gasteiger partial charge on any atom is 0.187 e. The molecule has 0 fully saturated rings. The van der Waals surface area contributed by atoms with E-state index in [1.54, 1.807) is 6.08 Å². The van der Waals surface area contributed by atoms with E-state index in [0.717, 1.165) is 5.75 Å². The van der Waals surface area contributed by atoms with Gasteiger partial charge in [-0.15, -0.1) is 0 Å². The molecule has 0 rings (SSSR count). The monoisotopic (exact) mass is 229 g/mol. The highest BCUT2D eigenvalue weighted by molar-refractivity contribution is 7.96. The quantitative estimate of drug-likeness (QED) is 0.534. The molecule has 0 spiro atoms. The molecule has 1 atom stereocenters. The fraction of sp³-hybridized carbons (Fsp3) is 0.667. The minimum Gasteiger partial charge on any atom is -0.295 e. The molecule has 0 aromatic carbocycles. The normalized spacial score (nSPS) is 14.2. The summed E-state index contributed by atoms with van der Waals surface area (Å²) in [6.45, 7) is 7.36. The highest BCUT2D eigenvalue weighted by Gasteiger charge is 2.26. The second kappa shape index (κ2) is 6.11. The Morgan fingerprint density at radius 2 is 1.80 bits per heavy atom. The maximum absolute atomic E-state index is 11.7. The van der Waals surface area contributed by atoms with Gasteiger partial charge in [0.15, 0.2) is 17.3 Å². The second-order valence-corrected chi connectivity index (χ2v) is 6.96. The molecule has 0 heterocycles. The summed E-state index contributed by atoms with van der Waals surface area (Å²) in [7, 11) is 0.0484. The van der Waals surface area contributed by atoms with Gasteiger partial charge in [0.1, 0.15) is 5.75 Å². The minimum atomic E-state index is -0.244. The van der Waals surface area contributed by atoms with Crippen molar-refractivity contribution in [2.45, 2.75) is 27.7 Å². The summed E-state index contributed by atoms with van der Waals surface area (Å²) in [4.78, 5) is 22.3. The van der Waals surface area contributed by atoms with Crippen LogP contribution in [0.5, 0.6) is 0 Å². The van der Waals surface area contributed by atoms with Gasteiger partial charge < -0.3 is 0 Å². The molecule has 0 aromatic rings. The first kappa shape index (κ1) is 14.4. The molecule has 0 amide bonds. The zero-order valence-electron chi connectivity index (χ0n) is 10.3. The van der Waals surface area contributed by atoms with Crippen molar-refractivity contribution >= 4 is 22.5 Å². The molecule has 0 radical (unpaired) electrons. The molecule has 0 bridgehead atoms. The predicted octanol–water partition coefficient (Wildman–Crippen LogP) is 1.99. The number of Topliss-reactive ketones (excluding diaryl/α,β-unsaturated/α-hetero) is 1. The molecule has 0 saturated carbocycles. The number of rotatable bonds is 5. The van der Waals surface area contributed by atoms with Crippen molar-refractivity contribution in [1.29, 1.82) is 0 Å². The molecule has 0 N–H and O–H groups in total. The minimum absolute atomic E-state index is 0.0484. The standard InChI is InChI=1S/C12H21O2S/c1-10(13)7-6-8-15(5)9-11(14)12(2,3)4/h6-7H,8-9H2,1-5H3/q+1/b7-6+. The highest BCUT2D eigenvalue weighted by Crippen LogP contribution is 2.15. The van der Waals surface area contributed by atoms with E-state index >= 15 is 0 Å². The summed E-state index contributed by atoms with van der Waals surface area (Å²) < 4.78 is 0. The molecule has 0 aliphatic heterocycles. The largest absolute Gasteiger partial charge is 0.295 e. The van der Waals surface area contributed by atoms with Crippen LogP contribution in [0.15, 0.2) is 12.2 Å². The van der Waals surface area contributed by atoms with E-state index in [-0.39, 0.29) is 22.1 Å². The van der Waals surface area contributed by atoms with Gasteiger partial charge in [0.05, 0.1) is 6.26 Å². The van der Waals surface area contributed by atoms with Gasteiger partial charge in [0.25, 0.3) is 0 Å². The SMILES string of the molecule is CC(=O)/C=C/C[S+](C)CC(=O)C(C)(C)C. The molecule has 0 aliphatic carbocycles. The number of allylic oxidation sites excluding steroid dienone is 1. The Morgan fingerprint density at radius 1 is 1.27 bits per heavy atom. The Kier molecular flexibility index (Phi) is 5.88. The van der Waals surface area contributed by atoms with Crippen LogP contribution in [0.3, 0.4) is 0 Å². The van der Waals surface area contributed by atoms with Gasteiger partial charge in [-0.05, 0) is 30.0 Å². The van der Waals surface area contributed by atoms with Gasteiger partial charge in [-0.1, -0.05) is 20.8 Å². The fourth-order valence-electron chi connectivity index (χ4n) is 0.878. The van der Waals surface area contributed by atoms with E-state index in [4.69, 9.17) is 0 Å². The lowest BCUT2D eigenvalue weighted by atomic mass is 9.92. The van der Waals surface area contributed by atoms with Crippen LogP contribution in [0, 0.1) is 5.41 Å². The summed E-state index contributed by atoms with van der Waals surface area (Å²) in [5.41, 5.74) is -0.244. The van der Waals surface area contributed by atoms with Crippen LogP contribution in [0.4, 0.5) is 0 Å². The van der Waals surface area contributed by atoms with Gasteiger partial charge >= 0.3 is 0 Å². The van der Waals surface area contributed by atoms with Crippen molar-refractivity contribution in [3.8, 4) is 0 Å². The van der Waals surface area contributed by atoms with E-state index in [2.05, 4.69) is 6.26 Å². The van der Waals surface area contributed by atoms with Crippen molar-refractivity contribution in [2.75, 3.05) is 17.8 Å². The number of hydrogen-bond acceptors (Lipinski definition) is 2. The maximum atomic E-state index is 11.7. The average Bonchev–Trinajstić information content (AvgIpc) is 2.01. The van der Waals surface area contributed by atoms with E-state index in [1.165, 1.54) is 6.92 Å². The smallest absolute Gasteiger partial charge is 0.187 e. The molecule has 0 saturated heterocycles. The number of carbonyl (C=O) groups excluding carboxylic acids is 2. The Morgan fingerprint density at radius 3 is 2.20 bits per heavy atom. The molecule has 0 aromatic heterocycles. The third-order valence-electron chi connectivity index (χ3n) is 1.95. The zero-order valence-corrected chi connectivity index (χ0v) is 11.1. The molecular weight excluding hydrogens is 208 g/mol. The topological polar surface area (TPSA) is 34.1 Å². The predicted molar refractivity (Wildman–Crippen MR) is 67.3 cm³/mol. The van der Waals surface area contributed by atoms with Gasteiger partial charge in [-0.25, -0.2) is 0 Å². The van der Waals surface area contributed by atoms with Crippen molar-refractivity contribution < 1.29 is 9.59 Å². The van der Waals surface area contributed by atoms with E-state index < -0.39 is 0 Å². The summed E-state index contributed by atoms with van der Waals surface area (Å²) in [5, 5.41) is 0. The fourth-order valence-corrected chi connectivity index (χ4v) is 2.30. The van der Waals surface area contributed by atoms with E-state index in [0.29, 0.717) is 11.5 Å². The van der Waals surface area contributed by atoms with Crippen LogP contribution in [-0.4, -0.2) is 29.3 Å². The molecule has 2 nitrogen and oxygen atoms in total. The first-order valence-corrected chi connectivity index (χ1v) is 7.00. The third kappa shape index (κ3) is 7.37. The summed E-state index contributed by atoms with van der Waals surface area (Å²) in [5.74, 6) is 1.80. The van der Waals surface area contributed by atoms with Crippen LogP contribution in [0.25, 0.3) is 0 Å². The molecule has 1 unspecified atom stereocenters. The second-order valence-electron chi connectivity index (χ2n) is 4.78. The third-order valence-corrected chi connectivity index (χ3v) is 3.46. The van der Waals surface area contributed by atoms with Crippen molar-refractivity contribution in [1.82, 2.24) is 0 Å².